The number of benzene rings is 1. The number of hydrogen-bond acceptors (Lipinski definition) is 3. The first-order valence-electron chi connectivity index (χ1n) is 6.35. The quantitative estimate of drug-likeness (QED) is 0.846. The van der Waals surface area contributed by atoms with Crippen molar-refractivity contribution in [1.29, 1.82) is 0 Å². The number of likely N-dealkylation sites (N-methyl/N-ethyl adjacent to an activating group) is 1. The number of amides is 1. The van der Waals surface area contributed by atoms with Gasteiger partial charge >= 0.3 is 0 Å². The minimum Gasteiger partial charge on any atom is -0.392 e. The molecule has 1 aromatic carbocycles. The Bertz CT molecular complexity index is 432. The Morgan fingerprint density at radius 3 is 2.94 bits per heavy atom. The van der Waals surface area contributed by atoms with Crippen LogP contribution in [0.15, 0.2) is 24.3 Å². The largest absolute Gasteiger partial charge is 0.392 e. The molecule has 98 valence electrons. The molecule has 0 bridgehead atoms. The summed E-state index contributed by atoms with van der Waals surface area (Å²) in [6, 6.07) is 7.73. The summed E-state index contributed by atoms with van der Waals surface area (Å²) in [6.07, 6.45) is 1.24. The molecule has 2 unspecified atom stereocenters. The van der Waals surface area contributed by atoms with Crippen molar-refractivity contribution in [3.05, 3.63) is 29.8 Å². The highest BCUT2D eigenvalue weighted by atomic mass is 16.3. The van der Waals surface area contributed by atoms with E-state index >= 15 is 0 Å². The molecular formula is C14H20N2O2. The third-order valence-corrected chi connectivity index (χ3v) is 3.35. The maximum absolute atomic E-state index is 12.2. The number of aryl methyl sites for hydroxylation is 1. The number of aliphatic hydroxyl groups is 1. The lowest BCUT2D eigenvalue weighted by atomic mass is 10.1. The van der Waals surface area contributed by atoms with E-state index in [1.165, 1.54) is 5.56 Å². The number of nitrogens with zero attached hydrogens (tertiary/aromatic N) is 1. The van der Waals surface area contributed by atoms with Crippen molar-refractivity contribution < 1.29 is 9.90 Å². The fourth-order valence-electron chi connectivity index (χ4n) is 2.46. The molecular weight excluding hydrogens is 228 g/mol. The van der Waals surface area contributed by atoms with E-state index in [1.807, 2.05) is 36.2 Å². The molecule has 0 saturated carbocycles. The Morgan fingerprint density at radius 1 is 1.50 bits per heavy atom. The third kappa shape index (κ3) is 2.89. The molecule has 1 aliphatic heterocycles. The van der Waals surface area contributed by atoms with Gasteiger partial charge in [-0.3, -0.25) is 9.69 Å². The molecule has 18 heavy (non-hydrogen) atoms. The van der Waals surface area contributed by atoms with Crippen LogP contribution in [0.1, 0.15) is 18.9 Å². The number of fused-ring (bicyclic) bond motifs is 1. The van der Waals surface area contributed by atoms with Gasteiger partial charge in [-0.15, -0.1) is 0 Å². The number of rotatable bonds is 3. The topological polar surface area (TPSA) is 52.6 Å². The molecule has 4 nitrogen and oxygen atoms in total. The molecule has 0 saturated heterocycles. The van der Waals surface area contributed by atoms with Crippen LogP contribution in [-0.4, -0.2) is 41.7 Å². The van der Waals surface area contributed by atoms with Crippen LogP contribution in [0.2, 0.25) is 0 Å². The van der Waals surface area contributed by atoms with E-state index < -0.39 is 6.10 Å². The van der Waals surface area contributed by atoms with Crippen LogP contribution in [0.25, 0.3) is 0 Å². The minimum atomic E-state index is -0.423. The Balaban J connectivity index is 2.12. The summed E-state index contributed by atoms with van der Waals surface area (Å²) >= 11 is 0. The maximum Gasteiger partial charge on any atom is 0.241 e. The normalized spacial score (nSPS) is 21.1. The average molecular weight is 248 g/mol. The minimum absolute atomic E-state index is 0.0168. The summed E-state index contributed by atoms with van der Waals surface area (Å²) in [6.45, 7) is 2.24. The first-order valence-corrected chi connectivity index (χ1v) is 6.35. The summed E-state index contributed by atoms with van der Waals surface area (Å²) in [7, 11) is 1.88. The summed E-state index contributed by atoms with van der Waals surface area (Å²) in [4.78, 5) is 14.1. The van der Waals surface area contributed by atoms with Crippen molar-refractivity contribution >= 4 is 11.6 Å². The second-order valence-electron chi connectivity index (χ2n) is 4.99. The number of carbonyl (C=O) groups excluding carboxylic acids is 1. The fraction of sp³-hybridized carbons (Fsp3) is 0.500. The van der Waals surface area contributed by atoms with Crippen LogP contribution >= 0.6 is 0 Å². The van der Waals surface area contributed by atoms with Gasteiger partial charge < -0.3 is 10.4 Å². The van der Waals surface area contributed by atoms with Crippen molar-refractivity contribution in [2.45, 2.75) is 31.9 Å². The lowest BCUT2D eigenvalue weighted by Gasteiger charge is -2.26. The van der Waals surface area contributed by atoms with Crippen molar-refractivity contribution in [2.75, 3.05) is 18.9 Å². The second-order valence-corrected chi connectivity index (χ2v) is 4.99. The molecule has 1 heterocycles. The van der Waals surface area contributed by atoms with E-state index in [2.05, 4.69) is 5.32 Å². The standard InChI is InChI=1S/C14H20N2O2/c1-10(17)9-16(2)13-8-7-11-5-3-4-6-12(11)15-14(13)18/h3-6,10,13,17H,7-9H2,1-2H3,(H,15,18). The molecule has 2 N–H and O–H groups in total. The van der Waals surface area contributed by atoms with Crippen LogP contribution in [-0.2, 0) is 11.2 Å². The van der Waals surface area contributed by atoms with Crippen molar-refractivity contribution in [3.8, 4) is 0 Å². The number of nitrogens with one attached hydrogen (secondary N) is 1. The van der Waals surface area contributed by atoms with Crippen molar-refractivity contribution in [2.24, 2.45) is 0 Å². The van der Waals surface area contributed by atoms with Gasteiger partial charge in [0.05, 0.1) is 12.1 Å². The lowest BCUT2D eigenvalue weighted by molar-refractivity contribution is -0.121. The number of para-hydroxylation sites is 1. The molecule has 2 atom stereocenters. The predicted molar refractivity (Wildman–Crippen MR) is 71.5 cm³/mol. The predicted octanol–water partition coefficient (Wildman–Crippen LogP) is 1.25. The summed E-state index contributed by atoms with van der Waals surface area (Å²) in [5.74, 6) is 0.0168. The SMILES string of the molecule is CC(O)CN(C)C1CCc2ccccc2NC1=O. The van der Waals surface area contributed by atoms with Crippen LogP contribution < -0.4 is 5.32 Å². The molecule has 0 fully saturated rings. The van der Waals surface area contributed by atoms with E-state index in [9.17, 15) is 9.90 Å². The fourth-order valence-corrected chi connectivity index (χ4v) is 2.46. The highest BCUT2D eigenvalue weighted by Crippen LogP contribution is 2.23. The van der Waals surface area contributed by atoms with Gasteiger partial charge in [0.15, 0.2) is 0 Å². The summed E-state index contributed by atoms with van der Waals surface area (Å²) in [5.41, 5.74) is 2.09. The van der Waals surface area contributed by atoms with E-state index in [0.29, 0.717) is 6.54 Å². The molecule has 1 aromatic rings. The Morgan fingerprint density at radius 2 is 2.22 bits per heavy atom. The van der Waals surface area contributed by atoms with Gasteiger partial charge in [-0.05, 0) is 38.4 Å². The number of aliphatic hydroxyl groups excluding tert-OH is 1. The first-order chi connectivity index (χ1) is 8.58. The zero-order chi connectivity index (χ0) is 13.1. The van der Waals surface area contributed by atoms with E-state index in [0.717, 1.165) is 18.5 Å². The van der Waals surface area contributed by atoms with Crippen molar-refractivity contribution in [1.82, 2.24) is 4.90 Å². The third-order valence-electron chi connectivity index (χ3n) is 3.35. The van der Waals surface area contributed by atoms with Crippen LogP contribution in [0.3, 0.4) is 0 Å². The van der Waals surface area contributed by atoms with Gasteiger partial charge in [0.2, 0.25) is 5.91 Å². The number of carbonyl (C=O) groups is 1. The average Bonchev–Trinajstić information content (AvgIpc) is 2.46. The second kappa shape index (κ2) is 5.50. The Hall–Kier alpha value is -1.39. The van der Waals surface area contributed by atoms with Gasteiger partial charge in [-0.1, -0.05) is 18.2 Å². The Kier molecular flexibility index (Phi) is 3.99. The highest BCUT2D eigenvalue weighted by Gasteiger charge is 2.27. The Labute approximate surface area is 108 Å². The summed E-state index contributed by atoms with van der Waals surface area (Å²) < 4.78 is 0. The number of hydrogen-bond donors (Lipinski definition) is 2. The zero-order valence-electron chi connectivity index (χ0n) is 10.9. The molecule has 0 spiro atoms. The monoisotopic (exact) mass is 248 g/mol. The zero-order valence-corrected chi connectivity index (χ0v) is 10.9. The van der Waals surface area contributed by atoms with E-state index in [-0.39, 0.29) is 11.9 Å². The smallest absolute Gasteiger partial charge is 0.241 e. The van der Waals surface area contributed by atoms with E-state index in [4.69, 9.17) is 0 Å². The van der Waals surface area contributed by atoms with Crippen LogP contribution in [0.5, 0.6) is 0 Å². The van der Waals surface area contributed by atoms with E-state index in [1.54, 1.807) is 6.92 Å². The van der Waals surface area contributed by atoms with Crippen molar-refractivity contribution in [3.63, 3.8) is 0 Å². The van der Waals surface area contributed by atoms with Gasteiger partial charge in [0.25, 0.3) is 0 Å². The summed E-state index contributed by atoms with van der Waals surface area (Å²) in [5, 5.41) is 12.4. The lowest BCUT2D eigenvalue weighted by Crippen LogP contribution is -2.44. The molecule has 1 aliphatic rings. The molecule has 0 radical (unpaired) electrons. The number of anilines is 1. The molecule has 4 heteroatoms. The molecule has 0 aromatic heterocycles. The van der Waals surface area contributed by atoms with Crippen LogP contribution in [0, 0.1) is 0 Å². The first kappa shape index (κ1) is 13.1. The van der Waals surface area contributed by atoms with Gasteiger partial charge in [-0.25, -0.2) is 0 Å². The van der Waals surface area contributed by atoms with Crippen LogP contribution in [0.4, 0.5) is 5.69 Å². The highest BCUT2D eigenvalue weighted by molar-refractivity contribution is 5.96. The van der Waals surface area contributed by atoms with Gasteiger partial charge in [-0.2, -0.15) is 0 Å². The van der Waals surface area contributed by atoms with Gasteiger partial charge in [0.1, 0.15) is 0 Å². The molecule has 0 aliphatic carbocycles. The van der Waals surface area contributed by atoms with Gasteiger partial charge in [0, 0.05) is 12.2 Å². The maximum atomic E-state index is 12.2. The molecule has 2 rings (SSSR count). The molecule has 1 amide bonds.